The average molecular weight is 248 g/mol. The number of likely N-dealkylation sites (tertiary alicyclic amines) is 1. The van der Waals surface area contributed by atoms with E-state index in [1.165, 1.54) is 38.0 Å². The molecule has 1 fully saturated rings. The Labute approximate surface area is 110 Å². The van der Waals surface area contributed by atoms with Crippen LogP contribution in [-0.4, -0.2) is 40.9 Å². The molecule has 1 aliphatic heterocycles. The van der Waals surface area contributed by atoms with Crippen LogP contribution >= 0.6 is 0 Å². The lowest BCUT2D eigenvalue weighted by Crippen LogP contribution is -2.31. The van der Waals surface area contributed by atoms with Gasteiger partial charge in [0, 0.05) is 31.0 Å². The number of nitrogens with one attached hydrogen (secondary N) is 1. The summed E-state index contributed by atoms with van der Waals surface area (Å²) in [7, 11) is 0. The van der Waals surface area contributed by atoms with Crippen molar-refractivity contribution >= 4 is 6.20 Å². The molecular formula is C14H24N4. The molecule has 1 aromatic rings. The van der Waals surface area contributed by atoms with E-state index in [-0.39, 0.29) is 0 Å². The van der Waals surface area contributed by atoms with Crippen LogP contribution in [0.1, 0.15) is 25.3 Å². The lowest BCUT2D eigenvalue weighted by atomic mass is 10.1. The van der Waals surface area contributed by atoms with Gasteiger partial charge in [-0.3, -0.25) is 0 Å². The Morgan fingerprint density at radius 2 is 2.28 bits per heavy atom. The van der Waals surface area contributed by atoms with E-state index in [0.717, 1.165) is 13.1 Å². The van der Waals surface area contributed by atoms with E-state index in [0.29, 0.717) is 5.92 Å². The monoisotopic (exact) mass is 248 g/mol. The number of nitrogens with zero attached hydrogens (tertiary/aromatic N) is 3. The lowest BCUT2D eigenvalue weighted by Gasteiger charge is -2.20. The molecule has 1 atom stereocenters. The van der Waals surface area contributed by atoms with Crippen molar-refractivity contribution < 1.29 is 0 Å². The zero-order valence-corrected chi connectivity index (χ0v) is 11.3. The minimum absolute atomic E-state index is 0.706. The smallest absolute Gasteiger partial charge is 0.0538 e. The first kappa shape index (κ1) is 13.3. The molecule has 0 radical (unpaired) electrons. The normalized spacial score (nSPS) is 18.1. The molecule has 2 heterocycles. The third-order valence-electron chi connectivity index (χ3n) is 3.43. The van der Waals surface area contributed by atoms with Crippen LogP contribution in [-0.2, 0) is 6.54 Å². The maximum absolute atomic E-state index is 4.17. The van der Waals surface area contributed by atoms with Gasteiger partial charge in [0.25, 0.3) is 0 Å². The van der Waals surface area contributed by atoms with Crippen LogP contribution in [0.15, 0.2) is 19.0 Å². The van der Waals surface area contributed by atoms with E-state index in [1.54, 1.807) is 10.9 Å². The highest BCUT2D eigenvalue weighted by molar-refractivity contribution is 5.17. The Morgan fingerprint density at radius 1 is 1.50 bits per heavy atom. The van der Waals surface area contributed by atoms with Crippen LogP contribution in [0, 0.1) is 5.92 Å². The minimum Gasteiger partial charge on any atom is -0.312 e. The minimum atomic E-state index is 0.706. The first-order chi connectivity index (χ1) is 8.78. The summed E-state index contributed by atoms with van der Waals surface area (Å²) < 4.78 is 1.74. The second kappa shape index (κ2) is 6.71. The van der Waals surface area contributed by atoms with Crippen LogP contribution in [0.2, 0.25) is 0 Å². The molecule has 100 valence electrons. The van der Waals surface area contributed by atoms with Gasteiger partial charge in [-0.1, -0.05) is 13.5 Å². The summed E-state index contributed by atoms with van der Waals surface area (Å²) in [4.78, 5) is 2.57. The zero-order valence-electron chi connectivity index (χ0n) is 11.3. The highest BCUT2D eigenvalue weighted by Crippen LogP contribution is 2.09. The second-order valence-electron chi connectivity index (χ2n) is 5.25. The highest BCUT2D eigenvalue weighted by atomic mass is 15.2. The molecule has 18 heavy (non-hydrogen) atoms. The first-order valence-electron chi connectivity index (χ1n) is 6.86. The molecule has 0 aliphatic carbocycles. The Bertz CT molecular complexity index is 366. The van der Waals surface area contributed by atoms with E-state index >= 15 is 0 Å². The van der Waals surface area contributed by atoms with Crippen LogP contribution in [0.3, 0.4) is 0 Å². The summed E-state index contributed by atoms with van der Waals surface area (Å²) in [6.45, 7) is 11.8. The van der Waals surface area contributed by atoms with Crippen LogP contribution in [0.25, 0.3) is 6.20 Å². The molecule has 1 saturated heterocycles. The lowest BCUT2D eigenvalue weighted by molar-refractivity contribution is 0.282. The Kier molecular flexibility index (Phi) is 4.96. The third kappa shape index (κ3) is 3.96. The molecule has 0 amide bonds. The maximum atomic E-state index is 4.17. The van der Waals surface area contributed by atoms with E-state index in [4.69, 9.17) is 0 Å². The van der Waals surface area contributed by atoms with Crippen LogP contribution in [0.4, 0.5) is 0 Å². The molecule has 0 spiro atoms. The van der Waals surface area contributed by atoms with E-state index in [2.05, 4.69) is 28.8 Å². The van der Waals surface area contributed by atoms with E-state index in [9.17, 15) is 0 Å². The van der Waals surface area contributed by atoms with Crippen molar-refractivity contribution in [3.05, 3.63) is 24.5 Å². The van der Waals surface area contributed by atoms with Gasteiger partial charge >= 0.3 is 0 Å². The van der Waals surface area contributed by atoms with Gasteiger partial charge in [0.2, 0.25) is 0 Å². The molecule has 4 heteroatoms. The largest absolute Gasteiger partial charge is 0.312 e. The topological polar surface area (TPSA) is 33.1 Å². The molecule has 0 saturated carbocycles. The number of hydrogen-bond donors (Lipinski definition) is 1. The van der Waals surface area contributed by atoms with Crippen molar-refractivity contribution in [2.45, 2.75) is 26.3 Å². The third-order valence-corrected chi connectivity index (χ3v) is 3.43. The van der Waals surface area contributed by atoms with Crippen molar-refractivity contribution in [3.63, 3.8) is 0 Å². The van der Waals surface area contributed by atoms with E-state index in [1.807, 2.05) is 12.4 Å². The van der Waals surface area contributed by atoms with Crippen LogP contribution in [0.5, 0.6) is 0 Å². The Balaban J connectivity index is 1.63. The molecule has 1 aliphatic rings. The SMILES string of the molecule is C=Cn1cc(CNCC(C)CN2CCCC2)cn1. The van der Waals surface area contributed by atoms with Gasteiger partial charge in [0.15, 0.2) is 0 Å². The molecular weight excluding hydrogens is 224 g/mol. The van der Waals surface area contributed by atoms with Crippen molar-refractivity contribution in [1.82, 2.24) is 20.0 Å². The Morgan fingerprint density at radius 3 is 2.94 bits per heavy atom. The maximum Gasteiger partial charge on any atom is 0.0538 e. The standard InChI is InChI=1S/C14H24N4/c1-3-18-12-14(10-16-18)9-15-8-13(2)11-17-6-4-5-7-17/h3,10,12-13,15H,1,4-9,11H2,2H3. The molecule has 1 N–H and O–H groups in total. The molecule has 2 rings (SSSR count). The number of rotatable bonds is 7. The summed E-state index contributed by atoms with van der Waals surface area (Å²) in [6, 6.07) is 0. The van der Waals surface area contributed by atoms with Gasteiger partial charge in [-0.25, -0.2) is 4.68 Å². The summed E-state index contributed by atoms with van der Waals surface area (Å²) >= 11 is 0. The van der Waals surface area contributed by atoms with Crippen molar-refractivity contribution in [3.8, 4) is 0 Å². The van der Waals surface area contributed by atoms with Gasteiger partial charge in [-0.2, -0.15) is 5.10 Å². The van der Waals surface area contributed by atoms with Crippen LogP contribution < -0.4 is 5.32 Å². The number of hydrogen-bond acceptors (Lipinski definition) is 3. The fourth-order valence-electron chi connectivity index (χ4n) is 2.50. The Hall–Kier alpha value is -1.13. The zero-order chi connectivity index (χ0) is 12.8. The van der Waals surface area contributed by atoms with Gasteiger partial charge in [0.1, 0.15) is 0 Å². The van der Waals surface area contributed by atoms with Crippen molar-refractivity contribution in [1.29, 1.82) is 0 Å². The molecule has 1 aromatic heterocycles. The fourth-order valence-corrected chi connectivity index (χ4v) is 2.50. The highest BCUT2D eigenvalue weighted by Gasteiger charge is 2.14. The quantitative estimate of drug-likeness (QED) is 0.799. The predicted molar refractivity (Wildman–Crippen MR) is 75.2 cm³/mol. The average Bonchev–Trinajstić information content (AvgIpc) is 3.00. The molecule has 1 unspecified atom stereocenters. The summed E-state index contributed by atoms with van der Waals surface area (Å²) in [6.07, 6.45) is 8.35. The first-order valence-corrected chi connectivity index (χ1v) is 6.86. The predicted octanol–water partition coefficient (Wildman–Crippen LogP) is 1.81. The number of aromatic nitrogens is 2. The summed E-state index contributed by atoms with van der Waals surface area (Å²) in [5.74, 6) is 0.706. The molecule has 0 aromatic carbocycles. The second-order valence-corrected chi connectivity index (χ2v) is 5.25. The molecule has 4 nitrogen and oxygen atoms in total. The van der Waals surface area contributed by atoms with Gasteiger partial charge in [-0.15, -0.1) is 0 Å². The van der Waals surface area contributed by atoms with Gasteiger partial charge < -0.3 is 10.2 Å². The van der Waals surface area contributed by atoms with Crippen molar-refractivity contribution in [2.75, 3.05) is 26.2 Å². The summed E-state index contributed by atoms with van der Waals surface area (Å²) in [5.41, 5.74) is 1.21. The van der Waals surface area contributed by atoms with Gasteiger partial charge in [-0.05, 0) is 38.4 Å². The van der Waals surface area contributed by atoms with Gasteiger partial charge in [0.05, 0.1) is 6.20 Å². The molecule has 0 bridgehead atoms. The van der Waals surface area contributed by atoms with E-state index < -0.39 is 0 Å². The fraction of sp³-hybridized carbons (Fsp3) is 0.643. The van der Waals surface area contributed by atoms with Crippen molar-refractivity contribution in [2.24, 2.45) is 5.92 Å². The summed E-state index contributed by atoms with van der Waals surface area (Å²) in [5, 5.41) is 7.66.